The molecule has 0 saturated heterocycles. The first-order chi connectivity index (χ1) is 17.5. The van der Waals surface area contributed by atoms with Crippen molar-refractivity contribution in [2.24, 2.45) is 0 Å². The van der Waals surface area contributed by atoms with E-state index in [2.05, 4.69) is 0 Å². The van der Waals surface area contributed by atoms with Crippen LogP contribution in [0.4, 0.5) is 13.2 Å². The van der Waals surface area contributed by atoms with Gasteiger partial charge in [-0.15, -0.1) is 0 Å². The molecule has 0 aromatic heterocycles. The van der Waals surface area contributed by atoms with Crippen molar-refractivity contribution in [3.05, 3.63) is 59.2 Å². The number of carbonyl (C=O) groups excluding carboxylic acids is 2. The van der Waals surface area contributed by atoms with Crippen LogP contribution < -0.4 is 4.74 Å². The number of ether oxygens (including phenoxy) is 4. The summed E-state index contributed by atoms with van der Waals surface area (Å²) in [6, 6.07) is 9.45. The van der Waals surface area contributed by atoms with E-state index in [1.54, 1.807) is 6.92 Å². The Kier molecular flexibility index (Phi) is 9.07. The highest BCUT2D eigenvalue weighted by Gasteiger charge is 2.64. The zero-order valence-corrected chi connectivity index (χ0v) is 21.0. The number of alkyl halides is 3. The van der Waals surface area contributed by atoms with Gasteiger partial charge >= 0.3 is 18.1 Å². The molecule has 3 rings (SSSR count). The largest absolute Gasteiger partial charge is 0.508 e. The second-order valence-electron chi connectivity index (χ2n) is 9.00. The molecule has 3 atom stereocenters. The van der Waals surface area contributed by atoms with Crippen molar-refractivity contribution in [2.75, 3.05) is 14.2 Å². The number of methoxy groups -OCH3 is 2. The lowest BCUT2D eigenvalue weighted by Crippen LogP contribution is -2.52. The number of phenolic OH excluding ortho intramolecular Hbond substituents is 1. The average molecular weight is 525 g/mol. The molecule has 37 heavy (non-hydrogen) atoms. The molecule has 0 fully saturated rings. The van der Waals surface area contributed by atoms with Crippen LogP contribution in [0.5, 0.6) is 11.5 Å². The van der Waals surface area contributed by atoms with Crippen molar-refractivity contribution in [1.29, 1.82) is 0 Å². The van der Waals surface area contributed by atoms with Crippen LogP contribution in [0.1, 0.15) is 60.5 Å². The summed E-state index contributed by atoms with van der Waals surface area (Å²) in [4.78, 5) is 26.0. The summed E-state index contributed by atoms with van der Waals surface area (Å²) >= 11 is 0. The van der Waals surface area contributed by atoms with Gasteiger partial charge in [0.05, 0.1) is 13.2 Å². The number of benzene rings is 2. The van der Waals surface area contributed by atoms with Gasteiger partial charge in [-0.2, -0.15) is 13.2 Å². The van der Waals surface area contributed by atoms with Crippen LogP contribution in [-0.4, -0.2) is 49.6 Å². The van der Waals surface area contributed by atoms with Gasteiger partial charge in [0.1, 0.15) is 23.2 Å². The van der Waals surface area contributed by atoms with E-state index < -0.39 is 35.9 Å². The second kappa shape index (κ2) is 11.9. The number of phenols is 1. The van der Waals surface area contributed by atoms with Gasteiger partial charge in [0.25, 0.3) is 5.60 Å². The second-order valence-corrected chi connectivity index (χ2v) is 9.00. The minimum Gasteiger partial charge on any atom is -0.508 e. The minimum atomic E-state index is -5.07. The minimum absolute atomic E-state index is 0.0701. The molecule has 202 valence electrons. The van der Waals surface area contributed by atoms with Crippen LogP contribution >= 0.6 is 0 Å². The molecule has 0 bridgehead atoms. The van der Waals surface area contributed by atoms with Crippen molar-refractivity contribution in [1.82, 2.24) is 0 Å². The Morgan fingerprint density at radius 2 is 1.76 bits per heavy atom. The molecule has 10 heteroatoms. The van der Waals surface area contributed by atoms with E-state index in [1.807, 2.05) is 0 Å². The third-order valence-electron chi connectivity index (χ3n) is 6.47. The summed E-state index contributed by atoms with van der Waals surface area (Å²) in [5.74, 6) is -2.05. The van der Waals surface area contributed by atoms with E-state index in [-0.39, 0.29) is 35.5 Å². The van der Waals surface area contributed by atoms with Crippen LogP contribution in [0, 0.1) is 0 Å². The quantitative estimate of drug-likeness (QED) is 0.519. The highest BCUT2D eigenvalue weighted by molar-refractivity contribution is 5.94. The van der Waals surface area contributed by atoms with E-state index in [4.69, 9.17) is 18.9 Å². The monoisotopic (exact) mass is 524 g/mol. The zero-order chi connectivity index (χ0) is 27.2. The molecule has 0 amide bonds. The van der Waals surface area contributed by atoms with Crippen LogP contribution in [0.15, 0.2) is 42.5 Å². The summed E-state index contributed by atoms with van der Waals surface area (Å²) < 4.78 is 63.9. The van der Waals surface area contributed by atoms with Crippen molar-refractivity contribution in [3.63, 3.8) is 0 Å². The number of rotatable bonds is 5. The highest BCUT2D eigenvalue weighted by atomic mass is 19.4. The molecule has 2 aromatic carbocycles. The molecule has 1 aliphatic rings. The number of fused-ring (bicyclic) bond motifs is 1. The molecule has 0 unspecified atom stereocenters. The third-order valence-corrected chi connectivity index (χ3v) is 6.47. The topological polar surface area (TPSA) is 91.3 Å². The maximum absolute atomic E-state index is 14.3. The Morgan fingerprint density at radius 3 is 2.38 bits per heavy atom. The number of halogens is 3. The van der Waals surface area contributed by atoms with Crippen LogP contribution in [0.2, 0.25) is 0 Å². The van der Waals surface area contributed by atoms with E-state index >= 15 is 0 Å². The predicted octanol–water partition coefficient (Wildman–Crippen LogP) is 5.47. The number of hydrogen-bond acceptors (Lipinski definition) is 7. The number of hydrogen-bond donors (Lipinski definition) is 1. The third kappa shape index (κ3) is 6.18. The van der Waals surface area contributed by atoms with Crippen molar-refractivity contribution < 1.29 is 46.8 Å². The average Bonchev–Trinajstić information content (AvgIpc) is 2.84. The molecule has 2 aromatic rings. The van der Waals surface area contributed by atoms with Crippen molar-refractivity contribution >= 4 is 11.9 Å². The van der Waals surface area contributed by atoms with Crippen LogP contribution in [0.25, 0.3) is 0 Å². The van der Waals surface area contributed by atoms with Gasteiger partial charge in [0.2, 0.25) is 0 Å². The van der Waals surface area contributed by atoms with Gasteiger partial charge in [0.15, 0.2) is 0 Å². The molecule has 1 N–H and O–H groups in total. The zero-order valence-electron chi connectivity index (χ0n) is 21.0. The summed E-state index contributed by atoms with van der Waals surface area (Å²) in [5, 5.41) is 10.0. The lowest BCUT2D eigenvalue weighted by molar-refractivity contribution is -0.278. The predicted molar refractivity (Wildman–Crippen MR) is 127 cm³/mol. The summed E-state index contributed by atoms with van der Waals surface area (Å²) in [6.07, 6.45) is -4.43. The van der Waals surface area contributed by atoms with E-state index in [0.717, 1.165) is 7.11 Å². The highest BCUT2D eigenvalue weighted by Crippen LogP contribution is 2.43. The molecule has 0 saturated carbocycles. The Labute approximate surface area is 213 Å². The van der Waals surface area contributed by atoms with E-state index in [1.165, 1.54) is 49.6 Å². The SMILES string of the molecule is COc1cc(O)cc2c1C(=O)O[C@@H](C)CC[C@H](OC(=O)[C@](OC)(c1ccccc1)C(F)(F)F)CCCC2. The fourth-order valence-corrected chi connectivity index (χ4v) is 4.54. The number of aromatic hydroxyl groups is 1. The standard InChI is InChI=1S/C27H31F3O7/c1-17-13-14-21(37-25(33)26(35-3,27(28,29)30)19-10-5-4-6-11-19)12-8-7-9-18-15-20(31)16-22(34-2)23(18)24(32)36-17/h4-6,10-11,15-17,21,31H,7-9,12-14H2,1-3H3/t17-,21+,26+/m0/s1. The molecule has 0 aliphatic carbocycles. The smallest absolute Gasteiger partial charge is 0.432 e. The van der Waals surface area contributed by atoms with E-state index in [0.29, 0.717) is 31.2 Å². The van der Waals surface area contributed by atoms with Gasteiger partial charge in [-0.3, -0.25) is 0 Å². The summed E-state index contributed by atoms with van der Waals surface area (Å²) in [6.45, 7) is 1.65. The fraction of sp³-hybridized carbons (Fsp3) is 0.481. The molecule has 1 aliphatic heterocycles. The molecule has 1 heterocycles. The first-order valence-corrected chi connectivity index (χ1v) is 12.0. The number of cyclic esters (lactones) is 1. The Hall–Kier alpha value is -3.27. The van der Waals surface area contributed by atoms with Gasteiger partial charge in [-0.05, 0) is 57.1 Å². The Bertz CT molecular complexity index is 1090. The van der Waals surface area contributed by atoms with E-state index in [9.17, 15) is 27.9 Å². The lowest BCUT2D eigenvalue weighted by atomic mass is 9.92. The number of carbonyl (C=O) groups is 2. The van der Waals surface area contributed by atoms with Gasteiger partial charge in [-0.25, -0.2) is 9.59 Å². The van der Waals surface area contributed by atoms with Gasteiger partial charge < -0.3 is 24.1 Å². The molecule has 0 radical (unpaired) electrons. The maximum atomic E-state index is 14.3. The van der Waals surface area contributed by atoms with Crippen molar-refractivity contribution in [2.45, 2.75) is 69.4 Å². The molecular weight excluding hydrogens is 493 g/mol. The summed E-state index contributed by atoms with van der Waals surface area (Å²) in [7, 11) is 2.21. The normalized spacial score (nSPS) is 20.9. The molecule has 0 spiro atoms. The Morgan fingerprint density at radius 1 is 1.05 bits per heavy atom. The number of aryl methyl sites for hydroxylation is 1. The number of esters is 2. The first kappa shape index (κ1) is 28.3. The van der Waals surface area contributed by atoms with Crippen LogP contribution in [0.3, 0.4) is 0 Å². The fourth-order valence-electron chi connectivity index (χ4n) is 4.54. The maximum Gasteiger partial charge on any atom is 0.432 e. The van der Waals surface area contributed by atoms with Crippen molar-refractivity contribution in [3.8, 4) is 11.5 Å². The van der Waals surface area contributed by atoms with Gasteiger partial charge in [-0.1, -0.05) is 30.3 Å². The van der Waals surface area contributed by atoms with Gasteiger partial charge in [0, 0.05) is 18.7 Å². The lowest BCUT2D eigenvalue weighted by Gasteiger charge is -2.34. The summed E-state index contributed by atoms with van der Waals surface area (Å²) in [5.41, 5.74) is -2.89. The molecule has 7 nitrogen and oxygen atoms in total. The Balaban J connectivity index is 1.85. The van der Waals surface area contributed by atoms with Crippen LogP contribution in [-0.2, 0) is 31.0 Å². The first-order valence-electron chi connectivity index (χ1n) is 12.0. The molecular formula is C27H31F3O7.